The van der Waals surface area contributed by atoms with Gasteiger partial charge in [0.05, 0.1) is 11.4 Å². The van der Waals surface area contributed by atoms with Gasteiger partial charge in [-0.05, 0) is 43.9 Å². The van der Waals surface area contributed by atoms with Crippen LogP contribution in [0.25, 0.3) is 5.69 Å². The van der Waals surface area contributed by atoms with E-state index < -0.39 is 0 Å². The molecule has 0 radical (unpaired) electrons. The molecule has 4 nitrogen and oxygen atoms in total. The fraction of sp³-hybridized carbons (Fsp3) is 0.368. The first kappa shape index (κ1) is 16.8. The number of rotatable bonds is 4. The number of hydrogen-bond donors (Lipinski definition) is 0. The molecule has 1 aromatic carbocycles. The van der Waals surface area contributed by atoms with Gasteiger partial charge in [0.25, 0.3) is 0 Å². The van der Waals surface area contributed by atoms with E-state index in [0.717, 1.165) is 36.8 Å². The van der Waals surface area contributed by atoms with Crippen LogP contribution in [-0.4, -0.2) is 39.2 Å². The van der Waals surface area contributed by atoms with Crippen molar-refractivity contribution in [3.05, 3.63) is 53.9 Å². The predicted molar refractivity (Wildman–Crippen MR) is 98.7 cm³/mol. The van der Waals surface area contributed by atoms with Crippen LogP contribution in [0.1, 0.15) is 24.0 Å². The van der Waals surface area contributed by atoms with Gasteiger partial charge in [-0.3, -0.25) is 9.36 Å². The molecule has 3 rings (SSSR count). The summed E-state index contributed by atoms with van der Waals surface area (Å²) in [6.45, 7) is 9.81. The van der Waals surface area contributed by atoms with E-state index in [1.807, 2.05) is 11.1 Å². The second-order valence-electron chi connectivity index (χ2n) is 6.22. The quantitative estimate of drug-likeness (QED) is 0.628. The summed E-state index contributed by atoms with van der Waals surface area (Å²) < 4.78 is 2.07. The van der Waals surface area contributed by atoms with Crippen molar-refractivity contribution in [1.29, 1.82) is 0 Å². The minimum Gasteiger partial charge on any atom is -0.341 e. The van der Waals surface area contributed by atoms with Crippen LogP contribution in [0.5, 0.6) is 0 Å². The summed E-state index contributed by atoms with van der Waals surface area (Å²) in [4.78, 5) is 18.8. The van der Waals surface area contributed by atoms with Crippen molar-refractivity contribution in [2.75, 3.05) is 18.8 Å². The molecular formula is C19H23N3OS. The zero-order chi connectivity index (χ0) is 17.1. The van der Waals surface area contributed by atoms with Gasteiger partial charge >= 0.3 is 0 Å². The number of nitrogens with zero attached hydrogens (tertiary/aromatic N) is 3. The number of carbonyl (C=O) groups excluding carboxylic acids is 1. The van der Waals surface area contributed by atoms with Gasteiger partial charge in [-0.1, -0.05) is 36.0 Å². The molecule has 0 saturated carbocycles. The molecule has 126 valence electrons. The van der Waals surface area contributed by atoms with Gasteiger partial charge in [0.15, 0.2) is 5.16 Å². The predicted octanol–water partition coefficient (Wildman–Crippen LogP) is 3.76. The van der Waals surface area contributed by atoms with Crippen LogP contribution in [0.3, 0.4) is 0 Å². The number of carbonyl (C=O) groups is 1. The molecule has 1 amide bonds. The zero-order valence-electron chi connectivity index (χ0n) is 14.3. The van der Waals surface area contributed by atoms with Crippen molar-refractivity contribution >= 4 is 17.7 Å². The van der Waals surface area contributed by atoms with Gasteiger partial charge in [0.1, 0.15) is 0 Å². The van der Waals surface area contributed by atoms with E-state index in [-0.39, 0.29) is 5.91 Å². The maximum Gasteiger partial charge on any atom is 0.233 e. The molecule has 1 saturated heterocycles. The SMILES string of the molecule is C=C1CCN(C(=O)CSc2nccn2-c2cccc(C)c2C)CC1. The lowest BCUT2D eigenvalue weighted by molar-refractivity contribution is -0.128. The van der Waals surface area contributed by atoms with E-state index in [4.69, 9.17) is 0 Å². The van der Waals surface area contributed by atoms with Crippen LogP contribution in [-0.2, 0) is 4.79 Å². The molecular weight excluding hydrogens is 318 g/mol. The van der Waals surface area contributed by atoms with Gasteiger partial charge in [0, 0.05) is 25.5 Å². The lowest BCUT2D eigenvalue weighted by Crippen LogP contribution is -2.37. The molecule has 5 heteroatoms. The normalized spacial score (nSPS) is 14.9. The Kier molecular flexibility index (Phi) is 5.09. The highest BCUT2D eigenvalue weighted by atomic mass is 32.2. The summed E-state index contributed by atoms with van der Waals surface area (Å²) in [7, 11) is 0. The Labute approximate surface area is 147 Å². The minimum atomic E-state index is 0.183. The average molecular weight is 341 g/mol. The molecule has 0 N–H and O–H groups in total. The van der Waals surface area contributed by atoms with Crippen LogP contribution in [0.4, 0.5) is 0 Å². The third-order valence-electron chi connectivity index (χ3n) is 4.59. The molecule has 0 aliphatic carbocycles. The summed E-state index contributed by atoms with van der Waals surface area (Å²) >= 11 is 1.50. The van der Waals surface area contributed by atoms with E-state index in [1.54, 1.807) is 6.20 Å². The molecule has 1 aliphatic rings. The van der Waals surface area contributed by atoms with Crippen molar-refractivity contribution in [3.8, 4) is 5.69 Å². The van der Waals surface area contributed by atoms with Crippen molar-refractivity contribution in [3.63, 3.8) is 0 Å². The number of aromatic nitrogens is 2. The molecule has 0 spiro atoms. The van der Waals surface area contributed by atoms with Crippen molar-refractivity contribution in [2.24, 2.45) is 0 Å². The number of hydrogen-bond acceptors (Lipinski definition) is 3. The third kappa shape index (κ3) is 3.56. The van der Waals surface area contributed by atoms with E-state index >= 15 is 0 Å². The highest BCUT2D eigenvalue weighted by molar-refractivity contribution is 7.99. The Hall–Kier alpha value is -2.01. The number of imidazole rings is 1. The fourth-order valence-corrected chi connectivity index (χ4v) is 3.74. The summed E-state index contributed by atoms with van der Waals surface area (Å²) in [6, 6.07) is 6.25. The van der Waals surface area contributed by atoms with Crippen LogP contribution >= 0.6 is 11.8 Å². The first-order valence-electron chi connectivity index (χ1n) is 8.23. The van der Waals surface area contributed by atoms with Crippen LogP contribution in [0, 0.1) is 13.8 Å². The van der Waals surface area contributed by atoms with E-state index in [1.165, 1.54) is 28.5 Å². The molecule has 2 aromatic rings. The summed E-state index contributed by atoms with van der Waals surface area (Å²) in [5, 5.41) is 0.860. The Morgan fingerprint density at radius 1 is 1.29 bits per heavy atom. The average Bonchev–Trinajstić information content (AvgIpc) is 3.04. The first-order valence-corrected chi connectivity index (χ1v) is 9.22. The lowest BCUT2D eigenvalue weighted by Gasteiger charge is -2.27. The van der Waals surface area contributed by atoms with Gasteiger partial charge < -0.3 is 4.90 Å². The van der Waals surface area contributed by atoms with Crippen molar-refractivity contribution in [1.82, 2.24) is 14.5 Å². The Balaban J connectivity index is 1.69. The number of benzene rings is 1. The number of thioether (sulfide) groups is 1. The largest absolute Gasteiger partial charge is 0.341 e. The second kappa shape index (κ2) is 7.26. The highest BCUT2D eigenvalue weighted by Gasteiger charge is 2.19. The number of aryl methyl sites for hydroxylation is 1. The third-order valence-corrected chi connectivity index (χ3v) is 5.54. The van der Waals surface area contributed by atoms with E-state index in [0.29, 0.717) is 5.75 Å². The number of amides is 1. The smallest absolute Gasteiger partial charge is 0.233 e. The molecule has 1 aromatic heterocycles. The Morgan fingerprint density at radius 3 is 2.79 bits per heavy atom. The summed E-state index contributed by atoms with van der Waals surface area (Å²) in [5.74, 6) is 0.608. The number of piperidine rings is 1. The minimum absolute atomic E-state index is 0.183. The monoisotopic (exact) mass is 341 g/mol. The second-order valence-corrected chi connectivity index (χ2v) is 7.16. The number of likely N-dealkylation sites (tertiary alicyclic amines) is 1. The van der Waals surface area contributed by atoms with Crippen LogP contribution in [0.2, 0.25) is 0 Å². The maximum absolute atomic E-state index is 12.4. The van der Waals surface area contributed by atoms with E-state index in [2.05, 4.69) is 48.2 Å². The molecule has 1 aliphatic heterocycles. The lowest BCUT2D eigenvalue weighted by atomic mass is 10.1. The Morgan fingerprint density at radius 2 is 2.04 bits per heavy atom. The molecule has 1 fully saturated rings. The zero-order valence-corrected chi connectivity index (χ0v) is 15.1. The summed E-state index contributed by atoms with van der Waals surface area (Å²) in [5.41, 5.74) is 4.86. The topological polar surface area (TPSA) is 38.1 Å². The standard InChI is InChI=1S/C19H23N3OS/c1-14-7-10-21(11-8-14)18(23)13-24-19-20-9-12-22(19)17-6-4-5-15(2)16(17)3/h4-6,9,12H,1,7-8,10-11,13H2,2-3H3. The molecule has 24 heavy (non-hydrogen) atoms. The molecule has 0 bridgehead atoms. The summed E-state index contributed by atoms with van der Waals surface area (Å²) in [6.07, 6.45) is 5.60. The van der Waals surface area contributed by atoms with E-state index in [9.17, 15) is 4.79 Å². The highest BCUT2D eigenvalue weighted by Crippen LogP contribution is 2.25. The van der Waals surface area contributed by atoms with Crippen LogP contribution < -0.4 is 0 Å². The molecule has 2 heterocycles. The molecule has 0 unspecified atom stereocenters. The van der Waals surface area contributed by atoms with Crippen molar-refractivity contribution < 1.29 is 4.79 Å². The Bertz CT molecular complexity index is 756. The van der Waals surface area contributed by atoms with Gasteiger partial charge in [-0.2, -0.15) is 0 Å². The van der Waals surface area contributed by atoms with Gasteiger partial charge in [0.2, 0.25) is 5.91 Å². The van der Waals surface area contributed by atoms with Crippen LogP contribution in [0.15, 0.2) is 47.9 Å². The van der Waals surface area contributed by atoms with Crippen molar-refractivity contribution in [2.45, 2.75) is 31.8 Å². The van der Waals surface area contributed by atoms with Gasteiger partial charge in [-0.25, -0.2) is 4.98 Å². The fourth-order valence-electron chi connectivity index (χ4n) is 2.87. The maximum atomic E-state index is 12.4. The first-order chi connectivity index (χ1) is 11.6. The molecule has 0 atom stereocenters. The van der Waals surface area contributed by atoms with Gasteiger partial charge in [-0.15, -0.1) is 0 Å².